The number of furan rings is 1. The van der Waals surface area contributed by atoms with Crippen molar-refractivity contribution >= 4 is 27.5 Å². The SMILES string of the molecule is C=C(C)c1ccc(C)c2oc3cc(C)cc(O)c3c12. The van der Waals surface area contributed by atoms with Crippen molar-refractivity contribution < 1.29 is 9.52 Å². The molecule has 2 nitrogen and oxygen atoms in total. The lowest BCUT2D eigenvalue weighted by atomic mass is 9.98. The van der Waals surface area contributed by atoms with Gasteiger partial charge in [0.2, 0.25) is 0 Å². The third-order valence-electron chi connectivity index (χ3n) is 3.50. The van der Waals surface area contributed by atoms with Gasteiger partial charge in [-0.05, 0) is 49.6 Å². The zero-order valence-electron chi connectivity index (χ0n) is 11.4. The predicted octanol–water partition coefficient (Wildman–Crippen LogP) is 4.94. The molecule has 0 saturated carbocycles. The molecule has 3 rings (SSSR count). The molecule has 2 aromatic carbocycles. The first kappa shape index (κ1) is 11.8. The highest BCUT2D eigenvalue weighted by Crippen LogP contribution is 2.40. The first-order valence-electron chi connectivity index (χ1n) is 6.30. The zero-order chi connectivity index (χ0) is 13.7. The van der Waals surface area contributed by atoms with E-state index in [1.807, 2.05) is 39.0 Å². The highest BCUT2D eigenvalue weighted by atomic mass is 16.3. The Balaban J connectivity index is 2.63. The molecule has 0 aliphatic rings. The van der Waals surface area contributed by atoms with Crippen molar-refractivity contribution in [2.24, 2.45) is 0 Å². The van der Waals surface area contributed by atoms with Gasteiger partial charge in [-0.1, -0.05) is 24.3 Å². The molecule has 2 heteroatoms. The van der Waals surface area contributed by atoms with Crippen LogP contribution in [-0.4, -0.2) is 5.11 Å². The maximum atomic E-state index is 10.2. The highest BCUT2D eigenvalue weighted by Gasteiger charge is 2.16. The van der Waals surface area contributed by atoms with E-state index in [1.54, 1.807) is 6.07 Å². The molecule has 0 atom stereocenters. The van der Waals surface area contributed by atoms with Crippen LogP contribution in [0, 0.1) is 13.8 Å². The number of aryl methyl sites for hydroxylation is 2. The van der Waals surface area contributed by atoms with E-state index in [2.05, 4.69) is 6.58 Å². The average Bonchev–Trinajstić information content (AvgIpc) is 2.68. The van der Waals surface area contributed by atoms with Gasteiger partial charge in [0, 0.05) is 5.39 Å². The van der Waals surface area contributed by atoms with Gasteiger partial charge in [-0.15, -0.1) is 0 Å². The quantitative estimate of drug-likeness (QED) is 0.665. The number of phenols is 1. The fourth-order valence-electron chi connectivity index (χ4n) is 2.60. The van der Waals surface area contributed by atoms with Gasteiger partial charge < -0.3 is 9.52 Å². The summed E-state index contributed by atoms with van der Waals surface area (Å²) in [5, 5.41) is 12.0. The molecular formula is C17H16O2. The number of aromatic hydroxyl groups is 1. The lowest BCUT2D eigenvalue weighted by Crippen LogP contribution is -1.83. The smallest absolute Gasteiger partial charge is 0.139 e. The van der Waals surface area contributed by atoms with Gasteiger partial charge in [-0.25, -0.2) is 0 Å². The molecule has 0 fully saturated rings. The fraction of sp³-hybridized carbons (Fsp3) is 0.176. The molecule has 0 aliphatic carbocycles. The van der Waals surface area contributed by atoms with Crippen LogP contribution in [0.2, 0.25) is 0 Å². The minimum atomic E-state index is 0.266. The van der Waals surface area contributed by atoms with Crippen LogP contribution in [0.1, 0.15) is 23.6 Å². The number of hydrogen-bond acceptors (Lipinski definition) is 2. The van der Waals surface area contributed by atoms with Crippen molar-refractivity contribution in [1.82, 2.24) is 0 Å². The van der Waals surface area contributed by atoms with Crippen molar-refractivity contribution in [2.75, 3.05) is 0 Å². The Bertz CT molecular complexity index is 822. The summed E-state index contributed by atoms with van der Waals surface area (Å²) in [5.41, 5.74) is 5.60. The summed E-state index contributed by atoms with van der Waals surface area (Å²) in [6, 6.07) is 7.78. The second-order valence-corrected chi connectivity index (χ2v) is 5.17. The van der Waals surface area contributed by atoms with Crippen molar-refractivity contribution in [1.29, 1.82) is 0 Å². The summed E-state index contributed by atoms with van der Waals surface area (Å²) >= 11 is 0. The maximum Gasteiger partial charge on any atom is 0.139 e. The molecule has 0 radical (unpaired) electrons. The Morgan fingerprint density at radius 3 is 2.58 bits per heavy atom. The molecule has 0 saturated heterocycles. The van der Waals surface area contributed by atoms with E-state index in [1.165, 1.54) is 0 Å². The van der Waals surface area contributed by atoms with E-state index in [-0.39, 0.29) is 5.75 Å². The fourth-order valence-corrected chi connectivity index (χ4v) is 2.60. The maximum absolute atomic E-state index is 10.2. The third-order valence-corrected chi connectivity index (χ3v) is 3.50. The number of fused-ring (bicyclic) bond motifs is 3. The lowest BCUT2D eigenvalue weighted by molar-refractivity contribution is 0.481. The van der Waals surface area contributed by atoms with Crippen LogP contribution in [-0.2, 0) is 0 Å². The zero-order valence-corrected chi connectivity index (χ0v) is 11.4. The lowest BCUT2D eigenvalue weighted by Gasteiger charge is -2.04. The second kappa shape index (κ2) is 3.89. The van der Waals surface area contributed by atoms with Gasteiger partial charge >= 0.3 is 0 Å². The van der Waals surface area contributed by atoms with Crippen LogP contribution in [0.5, 0.6) is 5.75 Å². The molecule has 0 bridgehead atoms. The van der Waals surface area contributed by atoms with Gasteiger partial charge in [0.05, 0.1) is 5.39 Å². The third kappa shape index (κ3) is 1.64. The van der Waals surface area contributed by atoms with Crippen LogP contribution in [0.4, 0.5) is 0 Å². The Kier molecular flexibility index (Phi) is 2.42. The van der Waals surface area contributed by atoms with Gasteiger partial charge in [0.1, 0.15) is 16.9 Å². The molecule has 1 aromatic heterocycles. The predicted molar refractivity (Wildman–Crippen MR) is 79.6 cm³/mol. The van der Waals surface area contributed by atoms with E-state index in [9.17, 15) is 5.11 Å². The van der Waals surface area contributed by atoms with E-state index in [0.29, 0.717) is 0 Å². The largest absolute Gasteiger partial charge is 0.507 e. The Hall–Kier alpha value is -2.22. The molecule has 3 aromatic rings. The van der Waals surface area contributed by atoms with E-state index in [4.69, 9.17) is 4.42 Å². The number of allylic oxidation sites excluding steroid dienone is 1. The standard InChI is InChI=1S/C17H16O2/c1-9(2)12-6-5-11(4)17-15(12)16-13(18)7-10(3)8-14(16)19-17/h5-8,18H,1H2,2-4H3. The number of benzene rings is 2. The molecule has 19 heavy (non-hydrogen) atoms. The van der Waals surface area contributed by atoms with Gasteiger partial charge in [0.15, 0.2) is 0 Å². The van der Waals surface area contributed by atoms with Crippen LogP contribution >= 0.6 is 0 Å². The Morgan fingerprint density at radius 2 is 1.89 bits per heavy atom. The molecule has 0 amide bonds. The average molecular weight is 252 g/mol. The van der Waals surface area contributed by atoms with Crippen molar-refractivity contribution in [3.8, 4) is 5.75 Å². The molecule has 0 unspecified atom stereocenters. The van der Waals surface area contributed by atoms with Crippen LogP contribution < -0.4 is 0 Å². The first-order chi connectivity index (χ1) is 8.99. The summed E-state index contributed by atoms with van der Waals surface area (Å²) in [6.07, 6.45) is 0. The summed E-state index contributed by atoms with van der Waals surface area (Å²) in [4.78, 5) is 0. The van der Waals surface area contributed by atoms with Crippen LogP contribution in [0.3, 0.4) is 0 Å². The van der Waals surface area contributed by atoms with Gasteiger partial charge in [-0.2, -0.15) is 0 Å². The van der Waals surface area contributed by atoms with Crippen molar-refractivity contribution in [3.05, 3.63) is 47.5 Å². The molecule has 0 spiro atoms. The first-order valence-corrected chi connectivity index (χ1v) is 6.30. The number of rotatable bonds is 1. The molecule has 0 aliphatic heterocycles. The molecule has 96 valence electrons. The minimum absolute atomic E-state index is 0.266. The summed E-state index contributed by atoms with van der Waals surface area (Å²) in [6.45, 7) is 9.94. The summed E-state index contributed by atoms with van der Waals surface area (Å²) in [5.74, 6) is 0.266. The Morgan fingerprint density at radius 1 is 1.16 bits per heavy atom. The topological polar surface area (TPSA) is 33.4 Å². The molecule has 1 N–H and O–H groups in total. The molecular weight excluding hydrogens is 236 g/mol. The number of hydrogen-bond donors (Lipinski definition) is 1. The highest BCUT2D eigenvalue weighted by molar-refractivity contribution is 6.13. The number of phenolic OH excluding ortho intramolecular Hbond substituents is 1. The van der Waals surface area contributed by atoms with E-state index < -0.39 is 0 Å². The summed E-state index contributed by atoms with van der Waals surface area (Å²) < 4.78 is 5.93. The van der Waals surface area contributed by atoms with E-state index >= 15 is 0 Å². The Labute approximate surface area is 112 Å². The monoisotopic (exact) mass is 252 g/mol. The van der Waals surface area contributed by atoms with Crippen LogP contribution in [0.25, 0.3) is 27.5 Å². The van der Waals surface area contributed by atoms with Crippen LogP contribution in [0.15, 0.2) is 35.3 Å². The second-order valence-electron chi connectivity index (χ2n) is 5.17. The van der Waals surface area contributed by atoms with Gasteiger partial charge in [-0.3, -0.25) is 0 Å². The van der Waals surface area contributed by atoms with Crippen molar-refractivity contribution in [3.63, 3.8) is 0 Å². The van der Waals surface area contributed by atoms with Gasteiger partial charge in [0.25, 0.3) is 0 Å². The normalized spacial score (nSPS) is 11.3. The van der Waals surface area contributed by atoms with Crippen molar-refractivity contribution in [2.45, 2.75) is 20.8 Å². The van der Waals surface area contributed by atoms with E-state index in [0.717, 1.165) is 44.2 Å². The summed E-state index contributed by atoms with van der Waals surface area (Å²) in [7, 11) is 0. The molecule has 1 heterocycles. The minimum Gasteiger partial charge on any atom is -0.507 e.